The lowest BCUT2D eigenvalue weighted by Crippen LogP contribution is -2.35. The van der Waals surface area contributed by atoms with Gasteiger partial charge in [-0.15, -0.1) is 0 Å². The van der Waals surface area contributed by atoms with Crippen LogP contribution in [0.25, 0.3) is 10.9 Å². The molecule has 0 unspecified atom stereocenters. The number of rotatable bonds is 5. The van der Waals surface area contributed by atoms with Crippen LogP contribution in [-0.4, -0.2) is 24.7 Å². The fourth-order valence-corrected chi connectivity index (χ4v) is 4.14. The summed E-state index contributed by atoms with van der Waals surface area (Å²) in [5.74, 6) is 1.52. The van der Waals surface area contributed by atoms with Gasteiger partial charge in [-0.25, -0.2) is 0 Å². The SMILES string of the molecule is CCOc1ccc2ncc(C#N)c(N3CCC(Cc4ccccc4)CC3)c2c1. The summed E-state index contributed by atoms with van der Waals surface area (Å²) in [7, 11) is 0. The molecule has 0 spiro atoms. The third kappa shape index (κ3) is 3.80. The van der Waals surface area contributed by atoms with Crippen molar-refractivity contribution in [3.8, 4) is 11.8 Å². The molecule has 1 saturated heterocycles. The lowest BCUT2D eigenvalue weighted by molar-refractivity contribution is 0.340. The molecule has 1 fully saturated rings. The first-order valence-electron chi connectivity index (χ1n) is 10.0. The largest absolute Gasteiger partial charge is 0.494 e. The Hall–Kier alpha value is -3.06. The fraction of sp³-hybridized carbons (Fsp3) is 0.333. The average Bonchev–Trinajstić information content (AvgIpc) is 2.74. The molecule has 28 heavy (non-hydrogen) atoms. The molecule has 4 heteroatoms. The number of aromatic nitrogens is 1. The molecule has 0 aliphatic carbocycles. The van der Waals surface area contributed by atoms with E-state index < -0.39 is 0 Å². The van der Waals surface area contributed by atoms with Gasteiger partial charge in [-0.1, -0.05) is 30.3 Å². The van der Waals surface area contributed by atoms with E-state index in [1.54, 1.807) is 6.20 Å². The van der Waals surface area contributed by atoms with Crippen LogP contribution in [0.2, 0.25) is 0 Å². The summed E-state index contributed by atoms with van der Waals surface area (Å²) in [6.45, 7) is 4.53. The van der Waals surface area contributed by atoms with Gasteiger partial charge in [-0.3, -0.25) is 4.98 Å². The Balaban J connectivity index is 1.58. The summed E-state index contributed by atoms with van der Waals surface area (Å²) in [6, 6.07) is 19.0. The minimum Gasteiger partial charge on any atom is -0.494 e. The first-order valence-corrected chi connectivity index (χ1v) is 10.0. The second-order valence-corrected chi connectivity index (χ2v) is 7.36. The Bertz CT molecular complexity index is 986. The van der Waals surface area contributed by atoms with Gasteiger partial charge >= 0.3 is 0 Å². The fourth-order valence-electron chi connectivity index (χ4n) is 4.14. The van der Waals surface area contributed by atoms with Crippen LogP contribution in [0.1, 0.15) is 30.9 Å². The molecule has 1 aliphatic heterocycles. The van der Waals surface area contributed by atoms with Crippen molar-refractivity contribution in [1.82, 2.24) is 4.98 Å². The van der Waals surface area contributed by atoms with Gasteiger partial charge in [0.15, 0.2) is 0 Å². The monoisotopic (exact) mass is 371 g/mol. The van der Waals surface area contributed by atoms with Crippen LogP contribution in [0.3, 0.4) is 0 Å². The highest BCUT2D eigenvalue weighted by atomic mass is 16.5. The van der Waals surface area contributed by atoms with Gasteiger partial charge in [0.1, 0.15) is 11.8 Å². The first kappa shape index (κ1) is 18.3. The number of hydrogen-bond donors (Lipinski definition) is 0. The number of ether oxygens (including phenoxy) is 1. The van der Waals surface area contributed by atoms with E-state index in [9.17, 15) is 5.26 Å². The molecular weight excluding hydrogens is 346 g/mol. The molecule has 0 atom stereocenters. The molecule has 0 N–H and O–H groups in total. The lowest BCUT2D eigenvalue weighted by Gasteiger charge is -2.34. The van der Waals surface area contributed by atoms with E-state index in [4.69, 9.17) is 4.74 Å². The summed E-state index contributed by atoms with van der Waals surface area (Å²) in [5.41, 5.74) is 3.97. The molecule has 2 aromatic carbocycles. The summed E-state index contributed by atoms with van der Waals surface area (Å²) in [6.07, 6.45) is 5.10. The zero-order valence-corrected chi connectivity index (χ0v) is 16.3. The maximum atomic E-state index is 9.68. The minimum absolute atomic E-state index is 0.622. The predicted molar refractivity (Wildman–Crippen MR) is 113 cm³/mol. The Morgan fingerprint density at radius 1 is 1.14 bits per heavy atom. The molecule has 0 amide bonds. The van der Waals surface area contributed by atoms with Crippen molar-refractivity contribution in [1.29, 1.82) is 5.26 Å². The van der Waals surface area contributed by atoms with Crippen LogP contribution in [0.4, 0.5) is 5.69 Å². The predicted octanol–water partition coefficient (Wildman–Crippen LogP) is 4.96. The number of pyridine rings is 1. The van der Waals surface area contributed by atoms with Gasteiger partial charge in [-0.2, -0.15) is 5.26 Å². The molecule has 1 aliphatic rings. The highest BCUT2D eigenvalue weighted by molar-refractivity contribution is 5.95. The number of nitriles is 1. The number of hydrogen-bond acceptors (Lipinski definition) is 4. The Kier molecular flexibility index (Phi) is 5.43. The molecule has 0 saturated carbocycles. The van der Waals surface area contributed by atoms with Crippen LogP contribution in [-0.2, 0) is 6.42 Å². The van der Waals surface area contributed by atoms with Crippen molar-refractivity contribution in [2.24, 2.45) is 5.92 Å². The molecule has 1 aromatic heterocycles. The maximum absolute atomic E-state index is 9.68. The van der Waals surface area contributed by atoms with E-state index in [-0.39, 0.29) is 0 Å². The molecule has 0 bridgehead atoms. The van der Waals surface area contributed by atoms with E-state index in [0.29, 0.717) is 18.1 Å². The number of anilines is 1. The van der Waals surface area contributed by atoms with Gasteiger partial charge < -0.3 is 9.64 Å². The smallest absolute Gasteiger partial charge is 0.120 e. The van der Waals surface area contributed by atoms with Crippen LogP contribution >= 0.6 is 0 Å². The summed E-state index contributed by atoms with van der Waals surface area (Å²) < 4.78 is 5.68. The van der Waals surface area contributed by atoms with E-state index in [0.717, 1.165) is 54.7 Å². The van der Waals surface area contributed by atoms with Gasteiger partial charge in [0.25, 0.3) is 0 Å². The Morgan fingerprint density at radius 2 is 1.93 bits per heavy atom. The standard InChI is InChI=1S/C24H25N3O/c1-2-28-21-8-9-23-22(15-21)24(20(16-25)17-26-23)27-12-10-19(11-13-27)14-18-6-4-3-5-7-18/h3-9,15,17,19H,2,10-14H2,1H3. The molecule has 4 rings (SSSR count). The Labute approximate surface area is 166 Å². The highest BCUT2D eigenvalue weighted by Gasteiger charge is 2.23. The normalized spacial score (nSPS) is 14.8. The molecule has 4 nitrogen and oxygen atoms in total. The summed E-state index contributed by atoms with van der Waals surface area (Å²) in [5, 5.41) is 10.7. The first-order chi connectivity index (χ1) is 13.8. The topological polar surface area (TPSA) is 49.1 Å². The minimum atomic E-state index is 0.622. The number of piperidine rings is 1. The van der Waals surface area contributed by atoms with Crippen molar-refractivity contribution < 1.29 is 4.74 Å². The third-order valence-electron chi connectivity index (χ3n) is 5.54. The van der Waals surface area contributed by atoms with E-state index >= 15 is 0 Å². The Morgan fingerprint density at radius 3 is 2.64 bits per heavy atom. The molecule has 142 valence electrons. The van der Waals surface area contributed by atoms with Gasteiger partial charge in [-0.05, 0) is 55.9 Å². The van der Waals surface area contributed by atoms with Crippen molar-refractivity contribution in [3.63, 3.8) is 0 Å². The summed E-state index contributed by atoms with van der Waals surface area (Å²) in [4.78, 5) is 6.84. The molecule has 3 aromatic rings. The van der Waals surface area contributed by atoms with E-state index in [2.05, 4.69) is 46.3 Å². The highest BCUT2D eigenvalue weighted by Crippen LogP contribution is 2.35. The molecule has 2 heterocycles. The van der Waals surface area contributed by atoms with Crippen LogP contribution in [0, 0.1) is 17.2 Å². The lowest BCUT2D eigenvalue weighted by atomic mass is 9.89. The second kappa shape index (κ2) is 8.31. The van der Waals surface area contributed by atoms with Gasteiger partial charge in [0.05, 0.1) is 23.4 Å². The summed E-state index contributed by atoms with van der Waals surface area (Å²) >= 11 is 0. The van der Waals surface area contributed by atoms with Crippen molar-refractivity contribution in [3.05, 3.63) is 65.9 Å². The van der Waals surface area contributed by atoms with Gasteiger partial charge in [0.2, 0.25) is 0 Å². The van der Waals surface area contributed by atoms with E-state index in [1.807, 2.05) is 25.1 Å². The van der Waals surface area contributed by atoms with Crippen LogP contribution in [0.15, 0.2) is 54.7 Å². The van der Waals surface area contributed by atoms with Crippen molar-refractivity contribution in [2.75, 3.05) is 24.6 Å². The van der Waals surface area contributed by atoms with Crippen LogP contribution in [0.5, 0.6) is 5.75 Å². The van der Waals surface area contributed by atoms with Crippen molar-refractivity contribution >= 4 is 16.6 Å². The second-order valence-electron chi connectivity index (χ2n) is 7.36. The van der Waals surface area contributed by atoms with Gasteiger partial charge in [0, 0.05) is 24.7 Å². The van der Waals surface area contributed by atoms with Crippen LogP contribution < -0.4 is 9.64 Å². The zero-order chi connectivity index (χ0) is 19.3. The number of fused-ring (bicyclic) bond motifs is 1. The molecular formula is C24H25N3O. The average molecular weight is 371 g/mol. The van der Waals surface area contributed by atoms with Crippen molar-refractivity contribution in [2.45, 2.75) is 26.2 Å². The number of nitrogens with zero attached hydrogens (tertiary/aromatic N) is 3. The third-order valence-corrected chi connectivity index (χ3v) is 5.54. The quantitative estimate of drug-likeness (QED) is 0.636. The van der Waals surface area contributed by atoms with E-state index in [1.165, 1.54) is 5.56 Å². The number of benzene rings is 2. The molecule has 0 radical (unpaired) electrons. The zero-order valence-electron chi connectivity index (χ0n) is 16.3. The maximum Gasteiger partial charge on any atom is 0.120 e.